The Kier molecular flexibility index (Phi) is 6.25. The molecule has 2 aromatic rings. The molecule has 0 bridgehead atoms. The number of halogens is 3. The predicted molar refractivity (Wildman–Crippen MR) is 87.4 cm³/mol. The molecule has 0 saturated carbocycles. The second-order valence-electron chi connectivity index (χ2n) is 5.84. The van der Waals surface area contributed by atoms with Gasteiger partial charge in [0.2, 0.25) is 0 Å². The molecular weight excluding hydrogens is 355 g/mol. The molecule has 0 spiro atoms. The van der Waals surface area contributed by atoms with Crippen LogP contribution in [0.1, 0.15) is 18.4 Å². The zero-order valence-electron chi connectivity index (χ0n) is 13.9. The number of rotatable bonds is 3. The van der Waals surface area contributed by atoms with E-state index in [2.05, 4.69) is 5.32 Å². The van der Waals surface area contributed by atoms with Crippen molar-refractivity contribution < 1.29 is 32.2 Å². The maximum atomic E-state index is 11.5. The van der Waals surface area contributed by atoms with Gasteiger partial charge < -0.3 is 19.6 Å². The maximum absolute atomic E-state index is 11.5. The Hall–Kier alpha value is -2.55. The summed E-state index contributed by atoms with van der Waals surface area (Å²) in [6.07, 6.45) is -2.77. The lowest BCUT2D eigenvalue weighted by Gasteiger charge is -2.13. The summed E-state index contributed by atoms with van der Waals surface area (Å²) in [5, 5.41) is 11.4. The minimum absolute atomic E-state index is 0.370. The highest BCUT2D eigenvalue weighted by Gasteiger charge is 2.38. The molecule has 0 radical (unpaired) electrons. The smallest absolute Gasteiger partial charge is 0.490 e. The van der Waals surface area contributed by atoms with Crippen molar-refractivity contribution in [3.05, 3.63) is 40.2 Å². The van der Waals surface area contributed by atoms with Gasteiger partial charge in [-0.15, -0.1) is 0 Å². The van der Waals surface area contributed by atoms with Crippen LogP contribution in [0.25, 0.3) is 11.0 Å². The van der Waals surface area contributed by atoms with Gasteiger partial charge in [-0.3, -0.25) is 0 Å². The minimum atomic E-state index is -5.08. The van der Waals surface area contributed by atoms with Crippen molar-refractivity contribution in [1.82, 2.24) is 5.32 Å². The molecule has 6 nitrogen and oxygen atoms in total. The van der Waals surface area contributed by atoms with Crippen molar-refractivity contribution in [3.63, 3.8) is 0 Å². The van der Waals surface area contributed by atoms with Crippen LogP contribution in [0.15, 0.2) is 33.5 Å². The van der Waals surface area contributed by atoms with E-state index in [9.17, 15) is 18.0 Å². The van der Waals surface area contributed by atoms with E-state index in [4.69, 9.17) is 19.1 Å². The number of ether oxygens (including phenoxy) is 1. The zero-order chi connectivity index (χ0) is 19.3. The summed E-state index contributed by atoms with van der Waals surface area (Å²) in [5.41, 5.74) is 1.32. The van der Waals surface area contributed by atoms with Gasteiger partial charge in [0.05, 0.1) is 11.5 Å². The molecule has 0 aliphatic carbocycles. The molecule has 0 amide bonds. The quantitative estimate of drug-likeness (QED) is 0.805. The van der Waals surface area contributed by atoms with E-state index < -0.39 is 12.1 Å². The lowest BCUT2D eigenvalue weighted by Crippen LogP contribution is -2.28. The van der Waals surface area contributed by atoms with Crippen molar-refractivity contribution in [2.24, 2.45) is 0 Å². The van der Waals surface area contributed by atoms with Gasteiger partial charge in [0.25, 0.3) is 0 Å². The van der Waals surface area contributed by atoms with Crippen molar-refractivity contribution >= 4 is 16.9 Å². The lowest BCUT2D eigenvalue weighted by molar-refractivity contribution is -0.192. The van der Waals surface area contributed by atoms with E-state index in [1.807, 2.05) is 25.1 Å². The average Bonchev–Trinajstić information content (AvgIpc) is 3.06. The van der Waals surface area contributed by atoms with Crippen LogP contribution in [-0.4, -0.2) is 36.4 Å². The van der Waals surface area contributed by atoms with E-state index in [1.165, 1.54) is 12.5 Å². The summed E-state index contributed by atoms with van der Waals surface area (Å²) in [7, 11) is 0. The van der Waals surface area contributed by atoms with Gasteiger partial charge >= 0.3 is 17.8 Å². The maximum Gasteiger partial charge on any atom is 0.490 e. The van der Waals surface area contributed by atoms with Gasteiger partial charge in [0.15, 0.2) is 0 Å². The lowest BCUT2D eigenvalue weighted by atomic mass is 10.1. The Labute approximate surface area is 146 Å². The van der Waals surface area contributed by atoms with Gasteiger partial charge in [-0.2, -0.15) is 13.2 Å². The number of fused-ring (bicyclic) bond motifs is 1. The fraction of sp³-hybridized carbons (Fsp3) is 0.412. The Morgan fingerprint density at radius 1 is 1.38 bits per heavy atom. The zero-order valence-corrected chi connectivity index (χ0v) is 13.9. The number of hydrogen-bond acceptors (Lipinski definition) is 5. The highest BCUT2D eigenvalue weighted by atomic mass is 19.4. The summed E-state index contributed by atoms with van der Waals surface area (Å²) in [5.74, 6) is -2.14. The predicted octanol–water partition coefficient (Wildman–Crippen LogP) is 2.87. The van der Waals surface area contributed by atoms with Crippen molar-refractivity contribution in [1.29, 1.82) is 0 Å². The van der Waals surface area contributed by atoms with Crippen LogP contribution in [-0.2, 0) is 4.79 Å². The van der Waals surface area contributed by atoms with E-state index in [-0.39, 0.29) is 5.63 Å². The molecule has 26 heavy (non-hydrogen) atoms. The molecular formula is C17H18F3NO5. The summed E-state index contributed by atoms with van der Waals surface area (Å²) in [6.45, 7) is 3.64. The largest absolute Gasteiger partial charge is 0.491 e. The molecule has 142 valence electrons. The SMILES string of the molecule is Cc1ccc2oc(=O)cc(OC[C@H]3CCCN3)c2c1.O=C(O)C(F)(F)F. The number of alkyl halides is 3. The summed E-state index contributed by atoms with van der Waals surface area (Å²) in [4.78, 5) is 20.4. The molecule has 3 rings (SSSR count). The number of aliphatic carboxylic acids is 1. The normalized spacial score (nSPS) is 16.8. The summed E-state index contributed by atoms with van der Waals surface area (Å²) < 4.78 is 42.7. The van der Waals surface area contributed by atoms with Gasteiger partial charge in [0, 0.05) is 6.04 Å². The van der Waals surface area contributed by atoms with E-state index in [0.717, 1.165) is 23.9 Å². The number of carboxylic acid groups (broad SMARTS) is 1. The molecule has 1 atom stereocenters. The molecule has 1 saturated heterocycles. The molecule has 1 fully saturated rings. The number of carboxylic acids is 1. The monoisotopic (exact) mass is 373 g/mol. The fourth-order valence-corrected chi connectivity index (χ4v) is 2.46. The summed E-state index contributed by atoms with van der Waals surface area (Å²) in [6, 6.07) is 7.53. The Morgan fingerprint density at radius 3 is 2.65 bits per heavy atom. The Morgan fingerprint density at radius 2 is 2.08 bits per heavy atom. The van der Waals surface area contributed by atoms with E-state index in [0.29, 0.717) is 24.0 Å². The molecule has 9 heteroatoms. The number of carbonyl (C=O) groups is 1. The molecule has 2 heterocycles. The van der Waals surface area contributed by atoms with Crippen molar-refractivity contribution in [2.45, 2.75) is 32.0 Å². The van der Waals surface area contributed by atoms with Crippen LogP contribution in [0.3, 0.4) is 0 Å². The van der Waals surface area contributed by atoms with Crippen LogP contribution >= 0.6 is 0 Å². The first-order valence-electron chi connectivity index (χ1n) is 7.87. The van der Waals surface area contributed by atoms with Crippen LogP contribution in [0, 0.1) is 6.92 Å². The third kappa shape index (κ3) is 5.48. The molecule has 2 N–H and O–H groups in total. The van der Waals surface area contributed by atoms with Crippen molar-refractivity contribution in [2.75, 3.05) is 13.2 Å². The number of hydrogen-bond donors (Lipinski definition) is 2. The third-order valence-electron chi connectivity index (χ3n) is 3.70. The second-order valence-corrected chi connectivity index (χ2v) is 5.84. The fourth-order valence-electron chi connectivity index (χ4n) is 2.46. The summed E-state index contributed by atoms with van der Waals surface area (Å²) >= 11 is 0. The molecule has 0 unspecified atom stereocenters. The van der Waals surface area contributed by atoms with E-state index in [1.54, 1.807) is 0 Å². The Bertz CT molecular complexity index is 825. The number of benzene rings is 1. The van der Waals surface area contributed by atoms with Crippen LogP contribution in [0.4, 0.5) is 13.2 Å². The standard InChI is InChI=1S/C15H17NO3.C2HF3O2/c1-10-4-5-13-12(7-10)14(8-15(17)19-13)18-9-11-3-2-6-16-11;3-2(4,5)1(6)7/h4-5,7-8,11,16H,2-3,6,9H2,1H3;(H,6,7)/t11-;/m1./s1. The molecule has 1 aliphatic rings. The van der Waals surface area contributed by atoms with Gasteiger partial charge in [-0.1, -0.05) is 11.6 Å². The molecule has 1 aromatic carbocycles. The third-order valence-corrected chi connectivity index (χ3v) is 3.70. The molecule has 1 aliphatic heterocycles. The van der Waals surface area contributed by atoms with E-state index >= 15 is 0 Å². The second kappa shape index (κ2) is 8.22. The van der Waals surface area contributed by atoms with Gasteiger partial charge in [-0.05, 0) is 38.4 Å². The Balaban J connectivity index is 0.000000298. The highest BCUT2D eigenvalue weighted by Crippen LogP contribution is 2.25. The van der Waals surface area contributed by atoms with Gasteiger partial charge in [0.1, 0.15) is 17.9 Å². The number of aryl methyl sites for hydroxylation is 1. The van der Waals surface area contributed by atoms with Crippen LogP contribution in [0.5, 0.6) is 5.75 Å². The van der Waals surface area contributed by atoms with Crippen molar-refractivity contribution in [3.8, 4) is 5.75 Å². The van der Waals surface area contributed by atoms with Crippen LogP contribution in [0.2, 0.25) is 0 Å². The molecule has 1 aromatic heterocycles. The average molecular weight is 373 g/mol. The highest BCUT2D eigenvalue weighted by molar-refractivity contribution is 5.83. The topological polar surface area (TPSA) is 88.8 Å². The number of nitrogens with one attached hydrogen (secondary N) is 1. The first-order valence-corrected chi connectivity index (χ1v) is 7.87. The van der Waals surface area contributed by atoms with Gasteiger partial charge in [-0.25, -0.2) is 9.59 Å². The minimum Gasteiger partial charge on any atom is -0.491 e. The first-order chi connectivity index (χ1) is 12.2. The first kappa shape index (κ1) is 19.8. The van der Waals surface area contributed by atoms with Crippen LogP contribution < -0.4 is 15.7 Å².